The van der Waals surface area contributed by atoms with E-state index < -0.39 is 6.04 Å². The number of para-hydroxylation sites is 2. The van der Waals surface area contributed by atoms with E-state index in [9.17, 15) is 10.2 Å². The third-order valence-corrected chi connectivity index (χ3v) is 5.26. The molecule has 0 saturated heterocycles. The van der Waals surface area contributed by atoms with E-state index in [2.05, 4.69) is 6.92 Å². The van der Waals surface area contributed by atoms with Gasteiger partial charge in [0, 0.05) is 29.1 Å². The van der Waals surface area contributed by atoms with Gasteiger partial charge in [0.2, 0.25) is 0 Å². The number of benzene rings is 2. The average Bonchev–Trinajstić information content (AvgIpc) is 2.66. The van der Waals surface area contributed by atoms with Crippen molar-refractivity contribution in [2.45, 2.75) is 25.9 Å². The molecule has 0 aromatic heterocycles. The lowest BCUT2D eigenvalue weighted by molar-refractivity contribution is 0.473. The lowest BCUT2D eigenvalue weighted by atomic mass is 9.71. The lowest BCUT2D eigenvalue weighted by Crippen LogP contribution is -2.49. The summed E-state index contributed by atoms with van der Waals surface area (Å²) in [6, 6.07) is 13.6. The van der Waals surface area contributed by atoms with Crippen LogP contribution in [0.25, 0.3) is 12.2 Å². The maximum Gasteiger partial charge on any atom is 0.122 e. The Morgan fingerprint density at radius 1 is 0.778 bits per heavy atom. The highest BCUT2D eigenvalue weighted by atomic mass is 16.3. The molecule has 140 valence electrons. The maximum absolute atomic E-state index is 10.2. The van der Waals surface area contributed by atoms with Gasteiger partial charge in [0.1, 0.15) is 11.5 Å². The van der Waals surface area contributed by atoms with Crippen LogP contribution >= 0.6 is 0 Å². The van der Waals surface area contributed by atoms with Crippen LogP contribution in [0.3, 0.4) is 0 Å². The zero-order valence-corrected chi connectivity index (χ0v) is 15.6. The maximum atomic E-state index is 10.2. The van der Waals surface area contributed by atoms with Gasteiger partial charge >= 0.3 is 0 Å². The van der Waals surface area contributed by atoms with Crippen molar-refractivity contribution in [1.82, 2.24) is 0 Å². The van der Waals surface area contributed by atoms with E-state index in [0.29, 0.717) is 5.56 Å². The van der Waals surface area contributed by atoms with Gasteiger partial charge in [-0.15, -0.1) is 0 Å². The van der Waals surface area contributed by atoms with Crippen molar-refractivity contribution in [2.24, 2.45) is 17.4 Å². The van der Waals surface area contributed by atoms with Gasteiger partial charge in [-0.3, -0.25) is 0 Å². The van der Waals surface area contributed by atoms with Gasteiger partial charge in [-0.25, -0.2) is 0 Å². The van der Waals surface area contributed by atoms with Crippen molar-refractivity contribution in [3.05, 3.63) is 82.5 Å². The summed E-state index contributed by atoms with van der Waals surface area (Å²) in [5, 5.41) is 20.4. The van der Waals surface area contributed by atoms with Crippen molar-refractivity contribution >= 4 is 12.2 Å². The van der Waals surface area contributed by atoms with Crippen molar-refractivity contribution in [2.75, 3.05) is 0 Å². The first-order chi connectivity index (χ1) is 12.9. The molecule has 4 heteroatoms. The fourth-order valence-electron chi connectivity index (χ4n) is 3.70. The van der Waals surface area contributed by atoms with Crippen LogP contribution in [0.15, 0.2) is 71.3 Å². The second kappa shape index (κ2) is 7.82. The fourth-order valence-corrected chi connectivity index (χ4v) is 3.70. The molecule has 0 aliphatic heterocycles. The molecule has 0 amide bonds. The number of rotatable bonds is 2. The largest absolute Gasteiger partial charge is 0.507 e. The highest BCUT2D eigenvalue weighted by Crippen LogP contribution is 2.40. The second-order valence-electron chi connectivity index (χ2n) is 6.88. The number of hydrogen-bond donors (Lipinski definition) is 4. The number of hydrogen-bond acceptors (Lipinski definition) is 4. The molecule has 3 unspecified atom stereocenters. The van der Waals surface area contributed by atoms with Crippen LogP contribution in [-0.2, 0) is 0 Å². The smallest absolute Gasteiger partial charge is 0.122 e. The molecule has 0 heterocycles. The molecule has 0 bridgehead atoms. The van der Waals surface area contributed by atoms with Crippen LogP contribution < -0.4 is 11.5 Å². The second-order valence-corrected chi connectivity index (χ2v) is 6.88. The van der Waals surface area contributed by atoms with Crippen LogP contribution in [0.5, 0.6) is 11.5 Å². The summed E-state index contributed by atoms with van der Waals surface area (Å²) >= 11 is 0. The Morgan fingerprint density at radius 3 is 1.74 bits per heavy atom. The highest BCUT2D eigenvalue weighted by Gasteiger charge is 2.35. The summed E-state index contributed by atoms with van der Waals surface area (Å²) in [6.07, 6.45) is 5.88. The minimum Gasteiger partial charge on any atom is -0.507 e. The Balaban J connectivity index is 2.20. The predicted octanol–water partition coefficient (Wildman–Crippen LogP) is 3.82. The summed E-state index contributed by atoms with van der Waals surface area (Å²) < 4.78 is 0. The molecule has 4 nitrogen and oxygen atoms in total. The number of allylic oxidation sites excluding steroid dienone is 1. The predicted molar refractivity (Wildman–Crippen MR) is 111 cm³/mol. The molecule has 3 rings (SSSR count). The van der Waals surface area contributed by atoms with E-state index in [1.165, 1.54) is 0 Å². The fraction of sp³-hybridized carbons (Fsp3) is 0.217. The summed E-state index contributed by atoms with van der Waals surface area (Å²) in [4.78, 5) is 0. The molecule has 1 saturated carbocycles. The van der Waals surface area contributed by atoms with Gasteiger partial charge in [-0.05, 0) is 47.9 Å². The molecular formula is C23H26N2O2. The van der Waals surface area contributed by atoms with Crippen molar-refractivity contribution < 1.29 is 10.2 Å². The summed E-state index contributed by atoms with van der Waals surface area (Å²) in [7, 11) is 0. The quantitative estimate of drug-likeness (QED) is 0.611. The Hall–Kier alpha value is -2.82. The monoisotopic (exact) mass is 362 g/mol. The van der Waals surface area contributed by atoms with Gasteiger partial charge in [-0.2, -0.15) is 0 Å². The molecule has 2 aromatic carbocycles. The zero-order chi connectivity index (χ0) is 19.6. The molecule has 2 aromatic rings. The van der Waals surface area contributed by atoms with Gasteiger partial charge in [-0.1, -0.05) is 49.4 Å². The van der Waals surface area contributed by atoms with E-state index >= 15 is 0 Å². The number of phenolic OH excluding ortho intramolecular Hbond substituents is 2. The van der Waals surface area contributed by atoms with Gasteiger partial charge in [0.05, 0.1) is 0 Å². The van der Waals surface area contributed by atoms with Crippen LogP contribution in [0.1, 0.15) is 25.0 Å². The van der Waals surface area contributed by atoms with E-state index in [-0.39, 0.29) is 23.5 Å². The first-order valence-corrected chi connectivity index (χ1v) is 9.10. The standard InChI is InChI=1S/C23H26N2O2/c1-3-17-14(2)18(12-15-8-4-6-10-20(15)26)19(23(25)22(17)24)13-16-9-5-7-11-21(16)27/h3-14,22-23,26-27H,24-25H2,1-2H3. The third-order valence-electron chi connectivity index (χ3n) is 5.26. The summed E-state index contributed by atoms with van der Waals surface area (Å²) in [6.45, 7) is 4.05. The number of aromatic hydroxyl groups is 2. The van der Waals surface area contributed by atoms with Gasteiger partial charge in [0.25, 0.3) is 0 Å². The Labute approximate surface area is 160 Å². The molecular weight excluding hydrogens is 336 g/mol. The SMILES string of the molecule is CC=C1C(C)C(=Cc2ccccc2O)C(=Cc2ccccc2O)C(N)C1N. The van der Waals surface area contributed by atoms with Crippen molar-refractivity contribution in [1.29, 1.82) is 0 Å². The Kier molecular flexibility index (Phi) is 5.49. The molecule has 0 radical (unpaired) electrons. The molecule has 1 fully saturated rings. The molecule has 0 spiro atoms. The third kappa shape index (κ3) is 3.68. The Morgan fingerprint density at radius 2 is 1.26 bits per heavy atom. The van der Waals surface area contributed by atoms with E-state index in [1.54, 1.807) is 24.3 Å². The molecule has 1 aliphatic rings. The number of phenols is 2. The van der Waals surface area contributed by atoms with Crippen LogP contribution in [0, 0.1) is 5.92 Å². The van der Waals surface area contributed by atoms with Gasteiger partial charge in [0.15, 0.2) is 0 Å². The lowest BCUT2D eigenvalue weighted by Gasteiger charge is -2.38. The van der Waals surface area contributed by atoms with E-state index in [4.69, 9.17) is 11.5 Å². The Bertz CT molecular complexity index is 927. The van der Waals surface area contributed by atoms with Crippen molar-refractivity contribution in [3.8, 4) is 11.5 Å². The van der Waals surface area contributed by atoms with E-state index in [1.807, 2.05) is 49.4 Å². The topological polar surface area (TPSA) is 92.5 Å². The van der Waals surface area contributed by atoms with Gasteiger partial charge < -0.3 is 21.7 Å². The first-order valence-electron chi connectivity index (χ1n) is 9.10. The molecule has 6 N–H and O–H groups in total. The molecule has 27 heavy (non-hydrogen) atoms. The van der Waals surface area contributed by atoms with Crippen molar-refractivity contribution in [3.63, 3.8) is 0 Å². The van der Waals surface area contributed by atoms with Crippen LogP contribution in [0.4, 0.5) is 0 Å². The van der Waals surface area contributed by atoms with Crippen LogP contribution in [-0.4, -0.2) is 22.3 Å². The summed E-state index contributed by atoms with van der Waals surface area (Å²) in [5.41, 5.74) is 17.3. The summed E-state index contributed by atoms with van der Waals surface area (Å²) in [5.74, 6) is 0.447. The molecule has 3 atom stereocenters. The van der Waals surface area contributed by atoms with E-state index in [0.717, 1.165) is 22.3 Å². The van der Waals surface area contributed by atoms with Crippen LogP contribution in [0.2, 0.25) is 0 Å². The highest BCUT2D eigenvalue weighted by molar-refractivity contribution is 5.74. The minimum absolute atomic E-state index is 0.0431. The average molecular weight is 362 g/mol. The zero-order valence-electron chi connectivity index (χ0n) is 15.6. The first kappa shape index (κ1) is 19.0. The number of nitrogens with two attached hydrogens (primary N) is 2. The normalized spacial score (nSPS) is 27.4. The molecule has 1 aliphatic carbocycles. The minimum atomic E-state index is -0.413.